The first-order valence-corrected chi connectivity index (χ1v) is 8.43. The lowest BCUT2D eigenvalue weighted by Crippen LogP contribution is -2.28. The van der Waals surface area contributed by atoms with Gasteiger partial charge >= 0.3 is 0 Å². The van der Waals surface area contributed by atoms with Crippen LogP contribution < -0.4 is 16.1 Å². The molecule has 2 aromatic carbocycles. The Labute approximate surface area is 140 Å². The minimum absolute atomic E-state index is 0.0980. The molecule has 3 aromatic rings. The van der Waals surface area contributed by atoms with Gasteiger partial charge < -0.3 is 15.6 Å². The van der Waals surface area contributed by atoms with E-state index < -0.39 is 0 Å². The average Bonchev–Trinajstić information content (AvgIpc) is 3.11. The van der Waals surface area contributed by atoms with Crippen LogP contribution in [-0.2, 0) is 0 Å². The summed E-state index contributed by atoms with van der Waals surface area (Å²) in [5, 5.41) is 0.739. The van der Waals surface area contributed by atoms with Crippen LogP contribution in [0, 0.1) is 5.92 Å². The number of aromatic amines is 1. The van der Waals surface area contributed by atoms with E-state index in [-0.39, 0.29) is 5.43 Å². The molecule has 0 saturated carbocycles. The zero-order valence-corrected chi connectivity index (χ0v) is 13.5. The number of benzene rings is 2. The van der Waals surface area contributed by atoms with Gasteiger partial charge in [-0.05, 0) is 31.0 Å². The molecule has 4 heteroatoms. The van der Waals surface area contributed by atoms with Gasteiger partial charge in [0.2, 0.25) is 5.43 Å². The lowest BCUT2D eigenvalue weighted by atomic mass is 10.1. The standard InChI is InChI=1S/C20H21N3O/c21-12-14-10-11-23(13-14)19-18(15-6-2-1-3-7-15)22-17-9-5-4-8-16(17)20(19)24/h1-9,14H,10-13,21H2,(H,22,24). The molecule has 1 aromatic heterocycles. The molecule has 0 radical (unpaired) electrons. The molecule has 0 amide bonds. The first-order valence-electron chi connectivity index (χ1n) is 8.43. The largest absolute Gasteiger partial charge is 0.366 e. The summed E-state index contributed by atoms with van der Waals surface area (Å²) in [7, 11) is 0. The number of hydrogen-bond donors (Lipinski definition) is 2. The van der Waals surface area contributed by atoms with Crippen LogP contribution in [0.2, 0.25) is 0 Å². The third-order valence-electron chi connectivity index (χ3n) is 4.88. The number of hydrogen-bond acceptors (Lipinski definition) is 3. The first-order chi connectivity index (χ1) is 11.8. The molecule has 2 heterocycles. The molecule has 1 aliphatic heterocycles. The molecular formula is C20H21N3O. The van der Waals surface area contributed by atoms with E-state index >= 15 is 0 Å². The van der Waals surface area contributed by atoms with Crippen molar-refractivity contribution in [1.29, 1.82) is 0 Å². The minimum Gasteiger partial charge on any atom is -0.366 e. The maximum absolute atomic E-state index is 13.2. The van der Waals surface area contributed by atoms with Crippen molar-refractivity contribution in [1.82, 2.24) is 4.98 Å². The predicted molar refractivity (Wildman–Crippen MR) is 99.4 cm³/mol. The molecule has 0 bridgehead atoms. The van der Waals surface area contributed by atoms with Gasteiger partial charge in [-0.3, -0.25) is 4.79 Å². The number of nitrogens with zero attached hydrogens (tertiary/aromatic N) is 1. The van der Waals surface area contributed by atoms with Crippen molar-refractivity contribution in [3.05, 3.63) is 64.8 Å². The van der Waals surface area contributed by atoms with Crippen molar-refractivity contribution in [3.63, 3.8) is 0 Å². The van der Waals surface area contributed by atoms with Gasteiger partial charge in [0, 0.05) is 29.6 Å². The number of para-hydroxylation sites is 1. The van der Waals surface area contributed by atoms with Crippen molar-refractivity contribution in [3.8, 4) is 11.3 Å². The van der Waals surface area contributed by atoms with Crippen LogP contribution in [0.25, 0.3) is 22.2 Å². The maximum Gasteiger partial charge on any atom is 0.213 e. The average molecular weight is 319 g/mol. The highest BCUT2D eigenvalue weighted by molar-refractivity contribution is 5.89. The quantitative estimate of drug-likeness (QED) is 0.780. The summed E-state index contributed by atoms with van der Waals surface area (Å²) < 4.78 is 0. The van der Waals surface area contributed by atoms with Crippen molar-refractivity contribution >= 4 is 16.6 Å². The van der Waals surface area contributed by atoms with Crippen LogP contribution in [0.4, 0.5) is 5.69 Å². The Morgan fingerprint density at radius 3 is 2.58 bits per heavy atom. The van der Waals surface area contributed by atoms with Gasteiger partial charge in [-0.1, -0.05) is 42.5 Å². The number of anilines is 1. The van der Waals surface area contributed by atoms with Gasteiger partial charge in [0.1, 0.15) is 5.69 Å². The van der Waals surface area contributed by atoms with Crippen LogP contribution in [0.3, 0.4) is 0 Å². The van der Waals surface area contributed by atoms with Crippen LogP contribution >= 0.6 is 0 Å². The Morgan fingerprint density at radius 1 is 1.08 bits per heavy atom. The molecule has 0 aliphatic carbocycles. The smallest absolute Gasteiger partial charge is 0.213 e. The van der Waals surface area contributed by atoms with E-state index in [9.17, 15) is 4.79 Å². The molecule has 1 aliphatic rings. The number of fused-ring (bicyclic) bond motifs is 1. The normalized spacial score (nSPS) is 17.5. The molecule has 4 rings (SSSR count). The van der Waals surface area contributed by atoms with Crippen molar-refractivity contribution < 1.29 is 0 Å². The van der Waals surface area contributed by atoms with Crippen LogP contribution in [0.15, 0.2) is 59.4 Å². The number of nitrogens with one attached hydrogen (secondary N) is 1. The number of rotatable bonds is 3. The highest BCUT2D eigenvalue weighted by Gasteiger charge is 2.26. The summed E-state index contributed by atoms with van der Waals surface area (Å²) in [6.45, 7) is 2.39. The molecule has 1 unspecified atom stereocenters. The second-order valence-electron chi connectivity index (χ2n) is 6.43. The summed E-state index contributed by atoms with van der Waals surface area (Å²) >= 11 is 0. The highest BCUT2D eigenvalue weighted by Crippen LogP contribution is 2.31. The van der Waals surface area contributed by atoms with Gasteiger partial charge in [0.05, 0.1) is 5.69 Å². The van der Waals surface area contributed by atoms with Gasteiger partial charge in [0.25, 0.3) is 0 Å². The Balaban J connectivity index is 1.96. The zero-order valence-electron chi connectivity index (χ0n) is 13.5. The molecule has 0 spiro atoms. The maximum atomic E-state index is 13.2. The Morgan fingerprint density at radius 2 is 1.83 bits per heavy atom. The van der Waals surface area contributed by atoms with E-state index in [1.165, 1.54) is 0 Å². The summed E-state index contributed by atoms with van der Waals surface area (Å²) in [5.41, 5.74) is 9.52. The number of nitrogens with two attached hydrogens (primary N) is 1. The second-order valence-corrected chi connectivity index (χ2v) is 6.43. The lowest BCUT2D eigenvalue weighted by molar-refractivity contribution is 0.602. The van der Waals surface area contributed by atoms with Gasteiger partial charge in [-0.15, -0.1) is 0 Å². The molecule has 4 nitrogen and oxygen atoms in total. The SMILES string of the molecule is NCC1CCN(c2c(-c3ccccc3)[nH]c3ccccc3c2=O)C1. The Bertz CT molecular complexity index is 917. The van der Waals surface area contributed by atoms with Crippen molar-refractivity contribution in [2.24, 2.45) is 11.7 Å². The fourth-order valence-electron chi connectivity index (χ4n) is 3.57. The number of H-pyrrole nitrogens is 1. The number of pyridine rings is 1. The molecule has 1 atom stereocenters. The van der Waals surface area contributed by atoms with Gasteiger partial charge in [-0.25, -0.2) is 0 Å². The molecule has 122 valence electrons. The predicted octanol–water partition coefficient (Wildman–Crippen LogP) is 2.98. The van der Waals surface area contributed by atoms with Gasteiger partial charge in [-0.2, -0.15) is 0 Å². The lowest BCUT2D eigenvalue weighted by Gasteiger charge is -2.22. The Kier molecular flexibility index (Phi) is 3.82. The Hall–Kier alpha value is -2.59. The first kappa shape index (κ1) is 15.0. The van der Waals surface area contributed by atoms with E-state index in [0.717, 1.165) is 47.4 Å². The van der Waals surface area contributed by atoms with E-state index in [0.29, 0.717) is 12.5 Å². The van der Waals surface area contributed by atoms with Crippen LogP contribution in [0.5, 0.6) is 0 Å². The van der Waals surface area contributed by atoms with E-state index in [1.54, 1.807) is 0 Å². The number of aromatic nitrogens is 1. The summed E-state index contributed by atoms with van der Waals surface area (Å²) in [6, 6.07) is 17.8. The fourth-order valence-corrected chi connectivity index (χ4v) is 3.57. The van der Waals surface area contributed by atoms with Crippen LogP contribution in [-0.4, -0.2) is 24.6 Å². The van der Waals surface area contributed by atoms with Crippen LogP contribution in [0.1, 0.15) is 6.42 Å². The molecular weight excluding hydrogens is 298 g/mol. The van der Waals surface area contributed by atoms with E-state index in [4.69, 9.17) is 5.73 Å². The van der Waals surface area contributed by atoms with E-state index in [2.05, 4.69) is 9.88 Å². The minimum atomic E-state index is 0.0980. The van der Waals surface area contributed by atoms with E-state index in [1.807, 2.05) is 54.6 Å². The zero-order chi connectivity index (χ0) is 16.5. The molecule has 1 fully saturated rings. The third-order valence-corrected chi connectivity index (χ3v) is 4.88. The highest BCUT2D eigenvalue weighted by atomic mass is 16.1. The van der Waals surface area contributed by atoms with Gasteiger partial charge in [0.15, 0.2) is 0 Å². The fraction of sp³-hybridized carbons (Fsp3) is 0.250. The third kappa shape index (κ3) is 2.49. The summed E-state index contributed by atoms with van der Waals surface area (Å²) in [5.74, 6) is 0.458. The second kappa shape index (κ2) is 6.13. The van der Waals surface area contributed by atoms with Crippen molar-refractivity contribution in [2.45, 2.75) is 6.42 Å². The topological polar surface area (TPSA) is 62.1 Å². The molecule has 3 N–H and O–H groups in total. The monoisotopic (exact) mass is 319 g/mol. The van der Waals surface area contributed by atoms with Crippen molar-refractivity contribution in [2.75, 3.05) is 24.5 Å². The summed E-state index contributed by atoms with van der Waals surface area (Å²) in [4.78, 5) is 18.9. The summed E-state index contributed by atoms with van der Waals surface area (Å²) in [6.07, 6.45) is 1.04. The molecule has 24 heavy (non-hydrogen) atoms. The molecule has 1 saturated heterocycles.